The van der Waals surface area contributed by atoms with Crippen LogP contribution in [-0.4, -0.2) is 53.5 Å². The Balaban J connectivity index is 1.94. The van der Waals surface area contributed by atoms with Gasteiger partial charge in [0.15, 0.2) is 11.6 Å². The molecule has 3 amide bonds. The van der Waals surface area contributed by atoms with E-state index in [-0.39, 0.29) is 23.0 Å². The SMILES string of the molecule is CC(C)(C)NC(=O)N1CCN(C(=O)c2ccc(F)c(F)c2)CC1. The van der Waals surface area contributed by atoms with Crippen LogP contribution in [0, 0.1) is 11.6 Å². The molecule has 0 atom stereocenters. The van der Waals surface area contributed by atoms with Crippen molar-refractivity contribution in [3.05, 3.63) is 35.4 Å². The Morgan fingerprint density at radius 2 is 1.57 bits per heavy atom. The average Bonchev–Trinajstić information content (AvgIpc) is 2.48. The van der Waals surface area contributed by atoms with Crippen LogP contribution in [0.4, 0.5) is 13.6 Å². The molecule has 0 bridgehead atoms. The molecule has 23 heavy (non-hydrogen) atoms. The van der Waals surface area contributed by atoms with Crippen LogP contribution in [0.3, 0.4) is 0 Å². The van der Waals surface area contributed by atoms with E-state index in [2.05, 4.69) is 5.32 Å². The molecule has 0 spiro atoms. The predicted molar refractivity (Wildman–Crippen MR) is 82.1 cm³/mol. The maximum atomic E-state index is 13.2. The number of hydrogen-bond acceptors (Lipinski definition) is 2. The molecule has 0 aromatic heterocycles. The summed E-state index contributed by atoms with van der Waals surface area (Å²) >= 11 is 0. The minimum Gasteiger partial charge on any atom is -0.335 e. The molecular weight excluding hydrogens is 304 g/mol. The Hall–Kier alpha value is -2.18. The summed E-state index contributed by atoms with van der Waals surface area (Å²) in [6, 6.07) is 2.93. The molecular formula is C16H21F2N3O2. The predicted octanol–water partition coefficient (Wildman–Crippen LogP) is 2.23. The van der Waals surface area contributed by atoms with Gasteiger partial charge in [0, 0.05) is 37.3 Å². The van der Waals surface area contributed by atoms with Crippen LogP contribution in [-0.2, 0) is 0 Å². The molecule has 0 radical (unpaired) electrons. The molecule has 1 aromatic rings. The number of amides is 3. The van der Waals surface area contributed by atoms with Crippen molar-refractivity contribution in [3.8, 4) is 0 Å². The van der Waals surface area contributed by atoms with E-state index in [4.69, 9.17) is 0 Å². The number of rotatable bonds is 1. The van der Waals surface area contributed by atoms with Crippen LogP contribution >= 0.6 is 0 Å². The molecule has 5 nitrogen and oxygen atoms in total. The molecule has 1 fully saturated rings. The summed E-state index contributed by atoms with van der Waals surface area (Å²) in [6.07, 6.45) is 0. The first-order valence-electron chi connectivity index (χ1n) is 7.49. The summed E-state index contributed by atoms with van der Waals surface area (Å²) in [4.78, 5) is 27.5. The molecule has 1 aliphatic rings. The first kappa shape index (κ1) is 17.2. The number of piperazine rings is 1. The number of nitrogens with zero attached hydrogens (tertiary/aromatic N) is 2. The van der Waals surface area contributed by atoms with E-state index in [9.17, 15) is 18.4 Å². The van der Waals surface area contributed by atoms with Crippen molar-refractivity contribution in [2.24, 2.45) is 0 Å². The fourth-order valence-electron chi connectivity index (χ4n) is 2.32. The molecule has 0 aliphatic carbocycles. The lowest BCUT2D eigenvalue weighted by Gasteiger charge is -2.36. The second kappa shape index (κ2) is 6.52. The lowest BCUT2D eigenvalue weighted by molar-refractivity contribution is 0.0660. The van der Waals surface area contributed by atoms with Gasteiger partial charge >= 0.3 is 6.03 Å². The first-order chi connectivity index (χ1) is 10.7. The van der Waals surface area contributed by atoms with E-state index in [1.54, 1.807) is 4.90 Å². The van der Waals surface area contributed by atoms with Gasteiger partial charge in [-0.15, -0.1) is 0 Å². The molecule has 1 heterocycles. The van der Waals surface area contributed by atoms with E-state index in [0.29, 0.717) is 26.2 Å². The Kier molecular flexibility index (Phi) is 4.87. The van der Waals surface area contributed by atoms with Gasteiger partial charge < -0.3 is 15.1 Å². The summed E-state index contributed by atoms with van der Waals surface area (Å²) in [6.45, 7) is 7.20. The summed E-state index contributed by atoms with van der Waals surface area (Å²) in [5, 5.41) is 2.87. The minimum atomic E-state index is -1.04. The molecule has 1 N–H and O–H groups in total. The zero-order valence-electron chi connectivity index (χ0n) is 13.5. The van der Waals surface area contributed by atoms with Crippen LogP contribution in [0.25, 0.3) is 0 Å². The highest BCUT2D eigenvalue weighted by Crippen LogP contribution is 2.13. The maximum absolute atomic E-state index is 13.2. The van der Waals surface area contributed by atoms with Crippen molar-refractivity contribution in [2.45, 2.75) is 26.3 Å². The molecule has 0 saturated carbocycles. The lowest BCUT2D eigenvalue weighted by Crippen LogP contribution is -2.56. The number of halogens is 2. The van der Waals surface area contributed by atoms with Gasteiger partial charge in [-0.3, -0.25) is 4.79 Å². The Morgan fingerprint density at radius 1 is 1.00 bits per heavy atom. The first-order valence-corrected chi connectivity index (χ1v) is 7.49. The van der Waals surface area contributed by atoms with Crippen LogP contribution in [0.15, 0.2) is 18.2 Å². The number of nitrogens with one attached hydrogen (secondary N) is 1. The molecule has 1 saturated heterocycles. The van der Waals surface area contributed by atoms with Gasteiger partial charge in [0.05, 0.1) is 0 Å². The highest BCUT2D eigenvalue weighted by molar-refractivity contribution is 5.94. The normalized spacial score (nSPS) is 15.5. The van der Waals surface area contributed by atoms with Crippen molar-refractivity contribution in [3.63, 3.8) is 0 Å². The number of carbonyl (C=O) groups is 2. The van der Waals surface area contributed by atoms with Crippen molar-refractivity contribution in [1.29, 1.82) is 0 Å². The third-order valence-corrected chi connectivity index (χ3v) is 3.50. The summed E-state index contributed by atoms with van der Waals surface area (Å²) < 4.78 is 26.2. The average molecular weight is 325 g/mol. The van der Waals surface area contributed by atoms with Crippen LogP contribution in [0.1, 0.15) is 31.1 Å². The number of urea groups is 1. The second-order valence-electron chi connectivity index (χ2n) is 6.59. The fourth-order valence-corrected chi connectivity index (χ4v) is 2.32. The van der Waals surface area contributed by atoms with Gasteiger partial charge in [-0.05, 0) is 39.0 Å². The highest BCUT2D eigenvalue weighted by atomic mass is 19.2. The van der Waals surface area contributed by atoms with E-state index >= 15 is 0 Å². The topological polar surface area (TPSA) is 52.7 Å². The number of carbonyl (C=O) groups excluding carboxylic acids is 2. The van der Waals surface area contributed by atoms with Crippen molar-refractivity contribution in [1.82, 2.24) is 15.1 Å². The van der Waals surface area contributed by atoms with Gasteiger partial charge in [-0.2, -0.15) is 0 Å². The van der Waals surface area contributed by atoms with Gasteiger partial charge in [0.25, 0.3) is 5.91 Å². The van der Waals surface area contributed by atoms with E-state index in [0.717, 1.165) is 12.1 Å². The van der Waals surface area contributed by atoms with Crippen molar-refractivity contribution < 1.29 is 18.4 Å². The largest absolute Gasteiger partial charge is 0.335 e. The lowest BCUT2D eigenvalue weighted by atomic mass is 10.1. The number of benzene rings is 1. The van der Waals surface area contributed by atoms with E-state index in [1.807, 2.05) is 20.8 Å². The molecule has 7 heteroatoms. The standard InChI is InChI=1S/C16H21F2N3O2/c1-16(2,3)19-15(23)21-8-6-20(7-9-21)14(22)11-4-5-12(17)13(18)10-11/h4-5,10H,6-9H2,1-3H3,(H,19,23). The minimum absolute atomic E-state index is 0.108. The van der Waals surface area contributed by atoms with Crippen molar-refractivity contribution >= 4 is 11.9 Å². The van der Waals surface area contributed by atoms with E-state index in [1.165, 1.54) is 11.0 Å². The second-order valence-corrected chi connectivity index (χ2v) is 6.59. The molecule has 0 unspecified atom stereocenters. The quantitative estimate of drug-likeness (QED) is 0.861. The summed E-state index contributed by atoms with van der Waals surface area (Å²) in [5.41, 5.74) is -0.216. The van der Waals surface area contributed by atoms with Crippen LogP contribution in [0.2, 0.25) is 0 Å². The third-order valence-electron chi connectivity index (χ3n) is 3.50. The van der Waals surface area contributed by atoms with Crippen LogP contribution < -0.4 is 5.32 Å². The Bertz CT molecular complexity index is 606. The highest BCUT2D eigenvalue weighted by Gasteiger charge is 2.26. The summed E-state index contributed by atoms with van der Waals surface area (Å²) in [7, 11) is 0. The molecule has 1 aromatic carbocycles. The van der Waals surface area contributed by atoms with Gasteiger partial charge in [0.2, 0.25) is 0 Å². The molecule has 2 rings (SSSR count). The summed E-state index contributed by atoms with van der Waals surface area (Å²) in [5.74, 6) is -2.39. The fraction of sp³-hybridized carbons (Fsp3) is 0.500. The van der Waals surface area contributed by atoms with E-state index < -0.39 is 11.6 Å². The zero-order valence-corrected chi connectivity index (χ0v) is 13.5. The molecule has 1 aliphatic heterocycles. The van der Waals surface area contributed by atoms with Crippen molar-refractivity contribution in [2.75, 3.05) is 26.2 Å². The monoisotopic (exact) mass is 325 g/mol. The smallest absolute Gasteiger partial charge is 0.317 e. The third kappa shape index (κ3) is 4.40. The van der Waals surface area contributed by atoms with Crippen LogP contribution in [0.5, 0.6) is 0 Å². The number of hydrogen-bond donors (Lipinski definition) is 1. The zero-order chi connectivity index (χ0) is 17.2. The maximum Gasteiger partial charge on any atom is 0.317 e. The Labute approximate surface area is 134 Å². The van der Waals surface area contributed by atoms with Gasteiger partial charge in [-0.1, -0.05) is 0 Å². The molecule has 126 valence electrons. The van der Waals surface area contributed by atoms with Gasteiger partial charge in [0.1, 0.15) is 0 Å². The van der Waals surface area contributed by atoms with Gasteiger partial charge in [-0.25, -0.2) is 13.6 Å². The Morgan fingerprint density at radius 3 is 2.09 bits per heavy atom.